The number of furan rings is 1. The van der Waals surface area contributed by atoms with Gasteiger partial charge >= 0.3 is 6.03 Å². The molecule has 6 rings (SSSR count). The Morgan fingerprint density at radius 1 is 0.837 bits per heavy atom. The Hall–Kier alpha value is -4.73. The maximum Gasteiger partial charge on any atom is 0.319 e. The van der Waals surface area contributed by atoms with Gasteiger partial charge in [0.15, 0.2) is 0 Å². The molecule has 0 saturated carbocycles. The molecule has 9 heteroatoms. The van der Waals surface area contributed by atoms with E-state index >= 15 is 0 Å². The third-order valence-corrected chi connectivity index (χ3v) is 7.81. The summed E-state index contributed by atoms with van der Waals surface area (Å²) in [5, 5.41) is 10.3. The van der Waals surface area contributed by atoms with Gasteiger partial charge < -0.3 is 25.3 Å². The van der Waals surface area contributed by atoms with E-state index in [0.717, 1.165) is 84.1 Å². The van der Waals surface area contributed by atoms with Gasteiger partial charge in [-0.3, -0.25) is 4.90 Å². The number of piperazine rings is 1. The first-order valence-electron chi connectivity index (χ1n) is 14.8. The number of nitrogens with zero attached hydrogens (tertiary/aromatic N) is 4. The van der Waals surface area contributed by atoms with E-state index in [4.69, 9.17) is 4.42 Å². The fourth-order valence-electron chi connectivity index (χ4n) is 5.39. The van der Waals surface area contributed by atoms with Gasteiger partial charge in [0.05, 0.1) is 5.39 Å². The average molecular weight is 576 g/mol. The summed E-state index contributed by atoms with van der Waals surface area (Å²) in [6, 6.07) is 28.1. The first-order chi connectivity index (χ1) is 21.1. The highest BCUT2D eigenvalue weighted by Crippen LogP contribution is 2.42. The van der Waals surface area contributed by atoms with Crippen molar-refractivity contribution in [1.82, 2.24) is 25.1 Å². The first-order valence-corrected chi connectivity index (χ1v) is 14.8. The van der Waals surface area contributed by atoms with Crippen molar-refractivity contribution in [2.24, 2.45) is 0 Å². The Morgan fingerprint density at radius 3 is 2.26 bits per heavy atom. The van der Waals surface area contributed by atoms with Crippen LogP contribution in [0.2, 0.25) is 0 Å². The summed E-state index contributed by atoms with van der Waals surface area (Å²) >= 11 is 0. The molecule has 0 bridgehead atoms. The van der Waals surface area contributed by atoms with Crippen LogP contribution in [0.25, 0.3) is 33.6 Å². The number of carbonyl (C=O) groups excluding carboxylic acids is 1. The quantitative estimate of drug-likeness (QED) is 0.200. The van der Waals surface area contributed by atoms with Gasteiger partial charge in [0.25, 0.3) is 0 Å². The Balaban J connectivity index is 1.08. The normalized spacial score (nSPS) is 14.1. The smallest absolute Gasteiger partial charge is 0.319 e. The topological polar surface area (TPSA) is 98.6 Å². The van der Waals surface area contributed by atoms with E-state index in [1.807, 2.05) is 72.8 Å². The predicted octanol–water partition coefficient (Wildman–Crippen LogP) is 5.58. The number of urea groups is 1. The van der Waals surface area contributed by atoms with Gasteiger partial charge in [-0.1, -0.05) is 72.8 Å². The van der Waals surface area contributed by atoms with Crippen LogP contribution in [0, 0.1) is 0 Å². The molecule has 1 aliphatic rings. The standard InChI is InChI=1S/C34H37N7O2/c1-40-20-22-41(23-21-40)19-18-36-34(42)39-28-14-12-25(13-15-28)16-17-35-32-30-29(26-8-4-2-5-9-26)31(27-10-6-3-7-11-27)43-33(30)38-24-37-32/h2-15,24H,16-23H2,1H3,(H,35,37,38)(H2,36,39,42). The van der Waals surface area contributed by atoms with Gasteiger partial charge in [0.2, 0.25) is 5.71 Å². The molecule has 3 heterocycles. The molecule has 43 heavy (non-hydrogen) atoms. The minimum absolute atomic E-state index is 0.180. The van der Waals surface area contributed by atoms with Gasteiger partial charge in [-0.15, -0.1) is 0 Å². The summed E-state index contributed by atoms with van der Waals surface area (Å²) in [4.78, 5) is 26.1. The number of hydrogen-bond donors (Lipinski definition) is 3. The highest BCUT2D eigenvalue weighted by Gasteiger charge is 2.22. The van der Waals surface area contributed by atoms with Gasteiger partial charge in [-0.05, 0) is 36.7 Å². The van der Waals surface area contributed by atoms with Crippen LogP contribution in [-0.2, 0) is 6.42 Å². The van der Waals surface area contributed by atoms with E-state index in [1.165, 1.54) is 6.33 Å². The second-order valence-corrected chi connectivity index (χ2v) is 10.8. The molecule has 0 radical (unpaired) electrons. The molecule has 0 aliphatic carbocycles. The van der Waals surface area contributed by atoms with Gasteiger partial charge in [-0.2, -0.15) is 0 Å². The largest absolute Gasteiger partial charge is 0.437 e. The third kappa shape index (κ3) is 7.02. The van der Waals surface area contributed by atoms with E-state index in [9.17, 15) is 4.79 Å². The number of fused-ring (bicyclic) bond motifs is 1. The van der Waals surface area contributed by atoms with Crippen LogP contribution in [0.4, 0.5) is 16.3 Å². The van der Waals surface area contributed by atoms with Gasteiger partial charge in [-0.25, -0.2) is 14.8 Å². The lowest BCUT2D eigenvalue weighted by Gasteiger charge is -2.32. The number of likely N-dealkylation sites (N-methyl/N-ethyl adjacent to an activating group) is 1. The van der Waals surface area contributed by atoms with E-state index in [1.54, 1.807) is 0 Å². The summed E-state index contributed by atoms with van der Waals surface area (Å²) in [6.45, 7) is 6.41. The molecule has 2 amide bonds. The van der Waals surface area contributed by atoms with E-state index in [0.29, 0.717) is 18.8 Å². The number of nitrogens with one attached hydrogen (secondary N) is 3. The molecule has 9 nitrogen and oxygen atoms in total. The fraction of sp³-hybridized carbons (Fsp3) is 0.265. The van der Waals surface area contributed by atoms with Crippen LogP contribution in [0.1, 0.15) is 5.56 Å². The van der Waals surface area contributed by atoms with Gasteiger partial charge in [0, 0.05) is 62.6 Å². The molecule has 0 spiro atoms. The van der Waals surface area contributed by atoms with Crippen LogP contribution in [0.15, 0.2) is 95.7 Å². The maximum atomic E-state index is 12.4. The minimum atomic E-state index is -0.180. The average Bonchev–Trinajstić information content (AvgIpc) is 3.44. The molecule has 220 valence electrons. The van der Waals surface area contributed by atoms with Crippen molar-refractivity contribution >= 4 is 28.6 Å². The third-order valence-electron chi connectivity index (χ3n) is 7.81. The highest BCUT2D eigenvalue weighted by molar-refractivity contribution is 6.05. The lowest BCUT2D eigenvalue weighted by atomic mass is 9.99. The zero-order valence-corrected chi connectivity index (χ0v) is 24.4. The molecule has 1 saturated heterocycles. The minimum Gasteiger partial charge on any atom is -0.437 e. The van der Waals surface area contributed by atoms with Crippen molar-refractivity contribution in [3.05, 3.63) is 96.8 Å². The van der Waals surface area contributed by atoms with Crippen LogP contribution < -0.4 is 16.0 Å². The van der Waals surface area contributed by atoms with Gasteiger partial charge in [0.1, 0.15) is 17.9 Å². The molecule has 2 aromatic heterocycles. The van der Waals surface area contributed by atoms with Crippen molar-refractivity contribution < 1.29 is 9.21 Å². The molecule has 1 aliphatic heterocycles. The fourth-order valence-corrected chi connectivity index (χ4v) is 5.39. The Kier molecular flexibility index (Phi) is 8.91. The SMILES string of the molecule is CN1CCN(CCNC(=O)Nc2ccc(CCNc3ncnc4oc(-c5ccccc5)c(-c5ccccc5)c34)cc2)CC1. The lowest BCUT2D eigenvalue weighted by molar-refractivity contribution is 0.155. The zero-order valence-electron chi connectivity index (χ0n) is 24.4. The van der Waals surface area contributed by atoms with Crippen LogP contribution in [0.3, 0.4) is 0 Å². The number of amides is 2. The van der Waals surface area contributed by atoms with E-state index in [-0.39, 0.29) is 6.03 Å². The molecular weight excluding hydrogens is 538 g/mol. The second-order valence-electron chi connectivity index (χ2n) is 10.8. The summed E-state index contributed by atoms with van der Waals surface area (Å²) in [5.41, 5.74) is 5.48. The summed E-state index contributed by atoms with van der Waals surface area (Å²) < 4.78 is 6.31. The second kappa shape index (κ2) is 13.5. The molecule has 3 N–H and O–H groups in total. The van der Waals surface area contributed by atoms with Crippen LogP contribution in [-0.4, -0.2) is 78.7 Å². The summed E-state index contributed by atoms with van der Waals surface area (Å²) in [6.07, 6.45) is 2.32. The van der Waals surface area contributed by atoms with Crippen molar-refractivity contribution in [2.75, 3.05) is 63.5 Å². The number of benzene rings is 3. The van der Waals surface area contributed by atoms with E-state index in [2.05, 4.69) is 54.9 Å². The highest BCUT2D eigenvalue weighted by atomic mass is 16.3. The molecule has 0 atom stereocenters. The monoisotopic (exact) mass is 575 g/mol. The Morgan fingerprint density at radius 2 is 1.53 bits per heavy atom. The molecule has 0 unspecified atom stereocenters. The van der Waals surface area contributed by atoms with Crippen molar-refractivity contribution in [1.29, 1.82) is 0 Å². The zero-order chi connectivity index (χ0) is 29.4. The number of hydrogen-bond acceptors (Lipinski definition) is 7. The van der Waals surface area contributed by atoms with Crippen molar-refractivity contribution in [2.45, 2.75) is 6.42 Å². The first kappa shape index (κ1) is 28.4. The molecule has 1 fully saturated rings. The summed E-state index contributed by atoms with van der Waals surface area (Å²) in [5.74, 6) is 1.51. The maximum absolute atomic E-state index is 12.4. The number of rotatable bonds is 10. The predicted molar refractivity (Wildman–Crippen MR) is 172 cm³/mol. The number of anilines is 2. The molecule has 5 aromatic rings. The molecule has 3 aromatic carbocycles. The van der Waals surface area contributed by atoms with Crippen molar-refractivity contribution in [3.8, 4) is 22.5 Å². The Labute approximate surface area is 251 Å². The van der Waals surface area contributed by atoms with Crippen molar-refractivity contribution in [3.63, 3.8) is 0 Å². The molecular formula is C34H37N7O2. The number of aromatic nitrogens is 2. The summed E-state index contributed by atoms with van der Waals surface area (Å²) in [7, 11) is 2.14. The lowest BCUT2D eigenvalue weighted by Crippen LogP contribution is -2.47. The number of carbonyl (C=O) groups is 1. The van der Waals surface area contributed by atoms with Crippen LogP contribution >= 0.6 is 0 Å². The van der Waals surface area contributed by atoms with E-state index < -0.39 is 0 Å². The Bertz CT molecular complexity index is 1630. The van der Waals surface area contributed by atoms with Crippen LogP contribution in [0.5, 0.6) is 0 Å².